The first-order valence-corrected chi connectivity index (χ1v) is 8.84. The number of carbonyl (C=O) groups is 2. The predicted octanol–water partition coefficient (Wildman–Crippen LogP) is 2.99. The van der Waals surface area contributed by atoms with E-state index in [4.69, 9.17) is 14.2 Å². The van der Waals surface area contributed by atoms with Crippen LogP contribution in [0.4, 0.5) is 0 Å². The average Bonchev–Trinajstić information content (AvgIpc) is 3.25. The number of hydrogen-bond acceptors (Lipinski definition) is 6. The van der Waals surface area contributed by atoms with Crippen LogP contribution in [0.15, 0.2) is 29.6 Å². The molecule has 0 radical (unpaired) electrons. The van der Waals surface area contributed by atoms with Gasteiger partial charge in [0.15, 0.2) is 18.1 Å². The van der Waals surface area contributed by atoms with Crippen LogP contribution in [0.1, 0.15) is 27.7 Å². The number of nitrogens with zero attached hydrogens (tertiary/aromatic N) is 1. The molecule has 2 aromatic rings. The van der Waals surface area contributed by atoms with Gasteiger partial charge in [-0.3, -0.25) is 4.79 Å². The zero-order valence-electron chi connectivity index (χ0n) is 14.1. The SMILES string of the molecule is CCN(Cc1ccc2c(c1)OCO2)C(=O)COC(=O)c1sccc1C. The van der Waals surface area contributed by atoms with Gasteiger partial charge >= 0.3 is 5.97 Å². The van der Waals surface area contributed by atoms with Crippen LogP contribution >= 0.6 is 11.3 Å². The first-order chi connectivity index (χ1) is 12.1. The third-order valence-corrected chi connectivity index (χ3v) is 4.92. The standard InChI is InChI=1S/C18H19NO5S/c1-3-19(9-13-4-5-14-15(8-13)24-11-23-14)16(20)10-22-18(21)17-12(2)6-7-25-17/h4-8H,3,9-11H2,1-2H3. The number of thiophene rings is 1. The smallest absolute Gasteiger partial charge is 0.349 e. The van der Waals surface area contributed by atoms with Gasteiger partial charge in [-0.25, -0.2) is 4.79 Å². The fraction of sp³-hybridized carbons (Fsp3) is 0.333. The first-order valence-electron chi connectivity index (χ1n) is 7.96. The molecule has 25 heavy (non-hydrogen) atoms. The highest BCUT2D eigenvalue weighted by atomic mass is 32.1. The number of likely N-dealkylation sites (N-methyl/N-ethyl adjacent to an activating group) is 1. The number of fused-ring (bicyclic) bond motifs is 1. The van der Waals surface area contributed by atoms with E-state index in [1.165, 1.54) is 11.3 Å². The van der Waals surface area contributed by atoms with E-state index >= 15 is 0 Å². The van der Waals surface area contributed by atoms with Crippen molar-refractivity contribution < 1.29 is 23.8 Å². The van der Waals surface area contributed by atoms with Crippen molar-refractivity contribution in [2.45, 2.75) is 20.4 Å². The van der Waals surface area contributed by atoms with Crippen molar-refractivity contribution in [2.75, 3.05) is 19.9 Å². The molecule has 0 unspecified atom stereocenters. The second-order valence-electron chi connectivity index (χ2n) is 5.60. The molecule has 6 nitrogen and oxygen atoms in total. The topological polar surface area (TPSA) is 65.1 Å². The molecule has 0 spiro atoms. The van der Waals surface area contributed by atoms with Crippen molar-refractivity contribution in [1.29, 1.82) is 0 Å². The number of ether oxygens (including phenoxy) is 3. The van der Waals surface area contributed by atoms with E-state index in [0.29, 0.717) is 29.5 Å². The molecule has 132 valence electrons. The molecule has 2 heterocycles. The third-order valence-electron chi connectivity index (χ3n) is 3.92. The Morgan fingerprint density at radius 2 is 2.04 bits per heavy atom. The lowest BCUT2D eigenvalue weighted by molar-refractivity contribution is -0.134. The van der Waals surface area contributed by atoms with Gasteiger partial charge in [-0.2, -0.15) is 0 Å². The van der Waals surface area contributed by atoms with Gasteiger partial charge in [0.2, 0.25) is 6.79 Å². The quantitative estimate of drug-likeness (QED) is 0.740. The molecule has 0 N–H and O–H groups in total. The molecule has 0 atom stereocenters. The molecule has 0 bridgehead atoms. The van der Waals surface area contributed by atoms with Crippen LogP contribution < -0.4 is 9.47 Å². The molecule has 1 aliphatic rings. The Morgan fingerprint density at radius 1 is 1.24 bits per heavy atom. The molecule has 0 saturated heterocycles. The van der Waals surface area contributed by atoms with Gasteiger partial charge in [0.1, 0.15) is 4.88 Å². The van der Waals surface area contributed by atoms with E-state index in [9.17, 15) is 9.59 Å². The van der Waals surface area contributed by atoms with E-state index in [-0.39, 0.29) is 19.3 Å². The van der Waals surface area contributed by atoms with Crippen LogP contribution in [0.2, 0.25) is 0 Å². The summed E-state index contributed by atoms with van der Waals surface area (Å²) < 4.78 is 15.8. The van der Waals surface area contributed by atoms with Crippen LogP contribution in [-0.4, -0.2) is 36.7 Å². The Labute approximate surface area is 149 Å². The maximum Gasteiger partial charge on any atom is 0.349 e. The lowest BCUT2D eigenvalue weighted by Crippen LogP contribution is -2.34. The molecule has 1 aliphatic heterocycles. The predicted molar refractivity (Wildman–Crippen MR) is 93.0 cm³/mol. The number of hydrogen-bond donors (Lipinski definition) is 0. The molecule has 7 heteroatoms. The minimum atomic E-state index is -0.458. The monoisotopic (exact) mass is 361 g/mol. The van der Waals surface area contributed by atoms with E-state index in [1.807, 2.05) is 43.5 Å². The van der Waals surface area contributed by atoms with Crippen LogP contribution in [0.3, 0.4) is 0 Å². The lowest BCUT2D eigenvalue weighted by atomic mass is 10.2. The summed E-state index contributed by atoms with van der Waals surface area (Å²) in [5, 5.41) is 1.83. The Morgan fingerprint density at radius 3 is 2.76 bits per heavy atom. The van der Waals surface area contributed by atoms with Crippen molar-refractivity contribution in [3.8, 4) is 11.5 Å². The number of aryl methyl sites for hydroxylation is 1. The zero-order valence-corrected chi connectivity index (χ0v) is 14.9. The van der Waals surface area contributed by atoms with E-state index < -0.39 is 5.97 Å². The summed E-state index contributed by atoms with van der Waals surface area (Å²) in [6.45, 7) is 4.61. The summed E-state index contributed by atoms with van der Waals surface area (Å²) >= 11 is 1.31. The largest absolute Gasteiger partial charge is 0.454 e. The summed E-state index contributed by atoms with van der Waals surface area (Å²) in [5.41, 5.74) is 1.79. The van der Waals surface area contributed by atoms with Crippen molar-refractivity contribution in [1.82, 2.24) is 4.90 Å². The Balaban J connectivity index is 1.58. The highest BCUT2D eigenvalue weighted by Crippen LogP contribution is 2.32. The molecule has 3 rings (SSSR count). The lowest BCUT2D eigenvalue weighted by Gasteiger charge is -2.21. The number of benzene rings is 1. The van der Waals surface area contributed by atoms with Crippen molar-refractivity contribution in [2.24, 2.45) is 0 Å². The van der Waals surface area contributed by atoms with Crippen LogP contribution in [0.5, 0.6) is 11.5 Å². The molecule has 0 fully saturated rings. The summed E-state index contributed by atoms with van der Waals surface area (Å²) in [4.78, 5) is 26.5. The second kappa shape index (κ2) is 7.57. The van der Waals surface area contributed by atoms with Crippen molar-refractivity contribution in [3.63, 3.8) is 0 Å². The van der Waals surface area contributed by atoms with Gasteiger partial charge < -0.3 is 19.1 Å². The normalized spacial score (nSPS) is 12.1. The van der Waals surface area contributed by atoms with Gasteiger partial charge in [-0.1, -0.05) is 6.07 Å². The third kappa shape index (κ3) is 3.93. The molecule has 1 aromatic carbocycles. The average molecular weight is 361 g/mol. The Hall–Kier alpha value is -2.54. The highest BCUT2D eigenvalue weighted by Gasteiger charge is 2.19. The maximum atomic E-state index is 12.4. The van der Waals surface area contributed by atoms with Gasteiger partial charge in [0.25, 0.3) is 5.91 Å². The van der Waals surface area contributed by atoms with Crippen LogP contribution in [-0.2, 0) is 16.1 Å². The number of rotatable bonds is 6. The molecular formula is C18H19NO5S. The molecule has 0 saturated carbocycles. The molecule has 1 amide bonds. The zero-order chi connectivity index (χ0) is 17.8. The molecular weight excluding hydrogens is 342 g/mol. The highest BCUT2D eigenvalue weighted by molar-refractivity contribution is 7.12. The number of amides is 1. The van der Waals surface area contributed by atoms with Crippen LogP contribution in [0, 0.1) is 6.92 Å². The second-order valence-corrected chi connectivity index (χ2v) is 6.52. The van der Waals surface area contributed by atoms with Crippen LogP contribution in [0.25, 0.3) is 0 Å². The number of esters is 1. The van der Waals surface area contributed by atoms with Gasteiger partial charge in [0.05, 0.1) is 0 Å². The van der Waals surface area contributed by atoms with Gasteiger partial charge in [0, 0.05) is 13.1 Å². The fourth-order valence-corrected chi connectivity index (χ4v) is 3.32. The Bertz CT molecular complexity index is 786. The molecule has 0 aliphatic carbocycles. The summed E-state index contributed by atoms with van der Waals surface area (Å²) in [6, 6.07) is 7.43. The van der Waals surface area contributed by atoms with E-state index in [1.54, 1.807) is 4.90 Å². The maximum absolute atomic E-state index is 12.4. The van der Waals surface area contributed by atoms with Crippen molar-refractivity contribution in [3.05, 3.63) is 45.6 Å². The fourth-order valence-electron chi connectivity index (χ4n) is 2.50. The van der Waals surface area contributed by atoms with Gasteiger partial charge in [-0.05, 0) is 48.6 Å². The van der Waals surface area contributed by atoms with Crippen molar-refractivity contribution >= 4 is 23.2 Å². The van der Waals surface area contributed by atoms with Gasteiger partial charge in [-0.15, -0.1) is 11.3 Å². The first kappa shape index (κ1) is 17.3. The van der Waals surface area contributed by atoms with E-state index in [2.05, 4.69) is 0 Å². The minimum Gasteiger partial charge on any atom is -0.454 e. The minimum absolute atomic E-state index is 0.216. The Kier molecular flexibility index (Phi) is 5.23. The molecule has 1 aromatic heterocycles. The van der Waals surface area contributed by atoms with E-state index in [0.717, 1.165) is 11.1 Å². The summed E-state index contributed by atoms with van der Waals surface area (Å²) in [7, 11) is 0. The summed E-state index contributed by atoms with van der Waals surface area (Å²) in [6.07, 6.45) is 0. The summed E-state index contributed by atoms with van der Waals surface area (Å²) in [5.74, 6) is 0.696. The number of carbonyl (C=O) groups excluding carboxylic acids is 2.